The molecule has 3 aromatic rings. The van der Waals surface area contributed by atoms with Gasteiger partial charge in [0.2, 0.25) is 0 Å². The lowest BCUT2D eigenvalue weighted by Gasteiger charge is -2.19. The van der Waals surface area contributed by atoms with Gasteiger partial charge >= 0.3 is 0 Å². The quantitative estimate of drug-likeness (QED) is 0.550. The lowest BCUT2D eigenvalue weighted by atomic mass is 9.86. The molecule has 0 unspecified atom stereocenters. The first-order valence-corrected chi connectivity index (χ1v) is 9.30. The molecule has 25 heavy (non-hydrogen) atoms. The minimum atomic E-state index is 0.157. The van der Waals surface area contributed by atoms with Crippen molar-refractivity contribution in [3.63, 3.8) is 0 Å². The molecule has 0 saturated heterocycles. The van der Waals surface area contributed by atoms with Gasteiger partial charge in [-0.2, -0.15) is 0 Å². The number of fused-ring (bicyclic) bond motifs is 1. The highest BCUT2D eigenvalue weighted by Gasteiger charge is 2.16. The van der Waals surface area contributed by atoms with Crippen molar-refractivity contribution in [2.45, 2.75) is 53.9 Å². The molecule has 0 aliphatic rings. The molecule has 132 valence electrons. The van der Waals surface area contributed by atoms with E-state index in [0.29, 0.717) is 0 Å². The van der Waals surface area contributed by atoms with Crippen molar-refractivity contribution in [1.29, 1.82) is 0 Å². The Labute approximate surface area is 152 Å². The number of hydrogen-bond acceptors (Lipinski definition) is 0. The van der Waals surface area contributed by atoms with Crippen LogP contribution in [0.2, 0.25) is 0 Å². The summed E-state index contributed by atoms with van der Waals surface area (Å²) in [6.45, 7) is 15.0. The van der Waals surface area contributed by atoms with Crippen molar-refractivity contribution in [1.82, 2.24) is 4.57 Å². The minimum absolute atomic E-state index is 0.157. The number of nitrogens with zero attached hydrogens (tertiary/aromatic N) is 1. The number of para-hydroxylation sites is 1. The molecule has 3 rings (SSSR count). The van der Waals surface area contributed by atoms with Gasteiger partial charge < -0.3 is 4.57 Å². The van der Waals surface area contributed by atoms with Crippen LogP contribution in [-0.4, -0.2) is 4.57 Å². The topological polar surface area (TPSA) is 4.93 Å². The SMILES string of the molecule is C/C=c1\c(=C/C)n(-c2ccccc2)c2ccc(C(C)(C)C)cc12.CC. The maximum atomic E-state index is 2.36. The van der Waals surface area contributed by atoms with Crippen LogP contribution in [0.3, 0.4) is 0 Å². The Kier molecular flexibility index (Phi) is 5.89. The van der Waals surface area contributed by atoms with Crippen LogP contribution in [0.25, 0.3) is 28.7 Å². The van der Waals surface area contributed by atoms with Crippen LogP contribution < -0.4 is 10.6 Å². The van der Waals surface area contributed by atoms with E-state index in [1.807, 2.05) is 13.8 Å². The number of rotatable bonds is 1. The Morgan fingerprint density at radius 1 is 0.840 bits per heavy atom. The van der Waals surface area contributed by atoms with Gasteiger partial charge in [-0.3, -0.25) is 0 Å². The molecule has 0 N–H and O–H groups in total. The van der Waals surface area contributed by atoms with E-state index in [9.17, 15) is 0 Å². The van der Waals surface area contributed by atoms with E-state index in [-0.39, 0.29) is 5.41 Å². The fraction of sp³-hybridized carbons (Fsp3) is 0.333. The molecular weight excluding hydrogens is 302 g/mol. The summed E-state index contributed by atoms with van der Waals surface area (Å²) in [4.78, 5) is 0. The highest BCUT2D eigenvalue weighted by Crippen LogP contribution is 2.25. The molecule has 0 aliphatic carbocycles. The van der Waals surface area contributed by atoms with Crippen LogP contribution in [0.1, 0.15) is 54.0 Å². The van der Waals surface area contributed by atoms with Crippen molar-refractivity contribution in [3.8, 4) is 5.69 Å². The van der Waals surface area contributed by atoms with Gasteiger partial charge in [0.15, 0.2) is 0 Å². The Morgan fingerprint density at radius 2 is 1.48 bits per heavy atom. The number of benzene rings is 2. The smallest absolute Gasteiger partial charge is 0.0541 e. The highest BCUT2D eigenvalue weighted by atomic mass is 15.0. The third-order valence-corrected chi connectivity index (χ3v) is 4.49. The molecule has 2 aromatic carbocycles. The number of hydrogen-bond donors (Lipinski definition) is 0. The summed E-state index contributed by atoms with van der Waals surface area (Å²) in [7, 11) is 0. The van der Waals surface area contributed by atoms with Gasteiger partial charge in [-0.05, 0) is 49.1 Å². The van der Waals surface area contributed by atoms with Crippen LogP contribution in [0, 0.1) is 0 Å². The predicted octanol–water partition coefficient (Wildman–Crippen LogP) is 5.56. The largest absolute Gasteiger partial charge is 0.310 e. The first kappa shape index (κ1) is 19.1. The molecule has 1 aromatic heterocycles. The number of aromatic nitrogens is 1. The lowest BCUT2D eigenvalue weighted by molar-refractivity contribution is 0.591. The summed E-state index contributed by atoms with van der Waals surface area (Å²) >= 11 is 0. The first-order valence-electron chi connectivity index (χ1n) is 9.30. The average Bonchev–Trinajstić information content (AvgIpc) is 2.96. The molecule has 1 nitrogen and oxygen atoms in total. The van der Waals surface area contributed by atoms with Gasteiger partial charge in [-0.1, -0.05) is 71.0 Å². The van der Waals surface area contributed by atoms with Crippen LogP contribution in [0.5, 0.6) is 0 Å². The van der Waals surface area contributed by atoms with E-state index in [1.165, 1.54) is 32.7 Å². The minimum Gasteiger partial charge on any atom is -0.310 e. The zero-order valence-electron chi connectivity index (χ0n) is 16.7. The zero-order valence-corrected chi connectivity index (χ0v) is 16.7. The van der Waals surface area contributed by atoms with Crippen molar-refractivity contribution in [2.75, 3.05) is 0 Å². The normalized spacial score (nSPS) is 13.1. The second kappa shape index (κ2) is 7.74. The van der Waals surface area contributed by atoms with Crippen molar-refractivity contribution in [3.05, 3.63) is 64.7 Å². The van der Waals surface area contributed by atoms with Crippen molar-refractivity contribution < 1.29 is 0 Å². The molecule has 0 bridgehead atoms. The van der Waals surface area contributed by atoms with E-state index in [4.69, 9.17) is 0 Å². The van der Waals surface area contributed by atoms with Crippen LogP contribution in [-0.2, 0) is 5.41 Å². The van der Waals surface area contributed by atoms with E-state index >= 15 is 0 Å². The molecular formula is C24H31N. The molecule has 0 radical (unpaired) electrons. The van der Waals surface area contributed by atoms with Crippen LogP contribution in [0.15, 0.2) is 48.5 Å². The van der Waals surface area contributed by atoms with Crippen LogP contribution >= 0.6 is 0 Å². The van der Waals surface area contributed by atoms with Crippen molar-refractivity contribution >= 4 is 23.1 Å². The Hall–Kier alpha value is -2.28. The van der Waals surface area contributed by atoms with E-state index in [1.54, 1.807) is 0 Å². The molecule has 0 spiro atoms. The molecule has 0 fully saturated rings. The highest BCUT2D eigenvalue weighted by molar-refractivity contribution is 5.84. The summed E-state index contributed by atoms with van der Waals surface area (Å²) in [5, 5.41) is 3.91. The van der Waals surface area contributed by atoms with Gasteiger partial charge in [-0.15, -0.1) is 0 Å². The zero-order chi connectivity index (χ0) is 18.6. The lowest BCUT2D eigenvalue weighted by Crippen LogP contribution is -2.27. The van der Waals surface area contributed by atoms with Gasteiger partial charge in [0.05, 0.1) is 5.52 Å². The third-order valence-electron chi connectivity index (χ3n) is 4.49. The summed E-state index contributed by atoms with van der Waals surface area (Å²) < 4.78 is 2.36. The Morgan fingerprint density at radius 3 is 2.00 bits per heavy atom. The maximum Gasteiger partial charge on any atom is 0.0541 e. The molecule has 0 saturated carbocycles. The standard InChI is InChI=1S/C22H25N.C2H6/c1-6-18-19-15-16(22(3,4)5)13-14-21(19)23(20(18)7-2)17-11-9-8-10-12-17;1-2/h6-15H,1-5H3;1-2H3/b18-6-,20-7+;. The van der Waals surface area contributed by atoms with Gasteiger partial charge in [0.25, 0.3) is 0 Å². The monoisotopic (exact) mass is 333 g/mol. The summed E-state index contributed by atoms with van der Waals surface area (Å²) in [5.74, 6) is 0. The average molecular weight is 334 g/mol. The van der Waals surface area contributed by atoms with Gasteiger partial charge in [-0.25, -0.2) is 0 Å². The summed E-state index contributed by atoms with van der Waals surface area (Å²) in [6.07, 6.45) is 4.43. The molecule has 0 amide bonds. The van der Waals surface area contributed by atoms with Crippen molar-refractivity contribution in [2.24, 2.45) is 0 Å². The predicted molar refractivity (Wildman–Crippen MR) is 113 cm³/mol. The van der Waals surface area contributed by atoms with E-state index in [2.05, 4.69) is 99.9 Å². The van der Waals surface area contributed by atoms with Gasteiger partial charge in [0, 0.05) is 21.6 Å². The second-order valence-corrected chi connectivity index (χ2v) is 7.03. The first-order chi connectivity index (χ1) is 12.0. The molecule has 0 atom stereocenters. The fourth-order valence-corrected chi connectivity index (χ4v) is 3.24. The molecule has 1 heterocycles. The maximum absolute atomic E-state index is 2.36. The summed E-state index contributed by atoms with van der Waals surface area (Å²) in [6, 6.07) is 17.5. The van der Waals surface area contributed by atoms with Gasteiger partial charge in [0.1, 0.15) is 0 Å². The Bertz CT molecular complexity index is 951. The van der Waals surface area contributed by atoms with E-state index in [0.717, 1.165) is 0 Å². The summed E-state index contributed by atoms with van der Waals surface area (Å²) in [5.41, 5.74) is 4.01. The van der Waals surface area contributed by atoms with E-state index < -0.39 is 0 Å². The third kappa shape index (κ3) is 3.56. The Balaban J connectivity index is 0.00000109. The molecule has 1 heteroatoms. The molecule has 0 aliphatic heterocycles. The fourth-order valence-electron chi connectivity index (χ4n) is 3.24. The second-order valence-electron chi connectivity index (χ2n) is 7.03. The van der Waals surface area contributed by atoms with Crippen LogP contribution in [0.4, 0.5) is 0 Å².